The molecule has 0 heterocycles. The first-order valence-corrected chi connectivity index (χ1v) is 5.97. The van der Waals surface area contributed by atoms with E-state index < -0.39 is 0 Å². The molecular formula is C14H22O2. The fourth-order valence-electron chi connectivity index (χ4n) is 1.91. The summed E-state index contributed by atoms with van der Waals surface area (Å²) in [6.45, 7) is 4.58. The molecule has 1 atom stereocenters. The molecule has 0 saturated carbocycles. The molecule has 0 aliphatic heterocycles. The van der Waals surface area contributed by atoms with Gasteiger partial charge in [0, 0.05) is 6.61 Å². The van der Waals surface area contributed by atoms with Crippen molar-refractivity contribution in [3.05, 3.63) is 29.3 Å². The van der Waals surface area contributed by atoms with Gasteiger partial charge in [0.2, 0.25) is 0 Å². The number of hydrogen-bond donors (Lipinski definition) is 1. The van der Waals surface area contributed by atoms with Gasteiger partial charge in [0.05, 0.1) is 7.11 Å². The van der Waals surface area contributed by atoms with Gasteiger partial charge in [-0.1, -0.05) is 26.0 Å². The molecule has 0 aliphatic rings. The topological polar surface area (TPSA) is 29.5 Å². The van der Waals surface area contributed by atoms with Crippen molar-refractivity contribution >= 4 is 0 Å². The second kappa shape index (κ2) is 6.54. The number of methoxy groups -OCH3 is 1. The normalized spacial score (nSPS) is 12.5. The molecule has 0 radical (unpaired) electrons. The summed E-state index contributed by atoms with van der Waals surface area (Å²) in [5, 5.41) is 8.91. The number of ether oxygens (including phenoxy) is 1. The monoisotopic (exact) mass is 222 g/mol. The van der Waals surface area contributed by atoms with Crippen LogP contribution in [0.25, 0.3) is 0 Å². The first kappa shape index (κ1) is 13.0. The van der Waals surface area contributed by atoms with Gasteiger partial charge in [-0.25, -0.2) is 0 Å². The molecule has 2 heteroatoms. The molecule has 0 saturated heterocycles. The fourth-order valence-corrected chi connectivity index (χ4v) is 1.91. The Balaban J connectivity index is 2.82. The maximum atomic E-state index is 8.91. The molecule has 0 bridgehead atoms. The van der Waals surface area contributed by atoms with Crippen molar-refractivity contribution in [2.75, 3.05) is 13.7 Å². The average Bonchev–Trinajstić information content (AvgIpc) is 2.29. The number of hydrogen-bond acceptors (Lipinski definition) is 2. The van der Waals surface area contributed by atoms with Crippen molar-refractivity contribution in [2.45, 2.75) is 33.1 Å². The first-order chi connectivity index (χ1) is 7.71. The van der Waals surface area contributed by atoms with Crippen LogP contribution in [0.1, 0.15) is 31.4 Å². The zero-order chi connectivity index (χ0) is 12.0. The molecule has 0 spiro atoms. The van der Waals surface area contributed by atoms with Crippen molar-refractivity contribution < 1.29 is 9.84 Å². The number of aryl methyl sites for hydroxylation is 1. The molecule has 1 N–H and O–H groups in total. The third-order valence-electron chi connectivity index (χ3n) is 2.94. The predicted molar refractivity (Wildman–Crippen MR) is 66.9 cm³/mol. The minimum atomic E-state index is 0.261. The Morgan fingerprint density at radius 3 is 2.69 bits per heavy atom. The van der Waals surface area contributed by atoms with Crippen molar-refractivity contribution in [1.82, 2.24) is 0 Å². The maximum absolute atomic E-state index is 8.91. The summed E-state index contributed by atoms with van der Waals surface area (Å²) in [4.78, 5) is 0. The fraction of sp³-hybridized carbons (Fsp3) is 0.571. The van der Waals surface area contributed by atoms with Crippen LogP contribution in [0.4, 0.5) is 0 Å². The van der Waals surface area contributed by atoms with Crippen LogP contribution in [0, 0.1) is 5.92 Å². The Bertz CT molecular complexity index is 321. The number of benzene rings is 1. The lowest BCUT2D eigenvalue weighted by molar-refractivity contribution is 0.261. The van der Waals surface area contributed by atoms with Gasteiger partial charge in [0.1, 0.15) is 5.75 Å². The van der Waals surface area contributed by atoms with Crippen LogP contribution in [-0.2, 0) is 12.8 Å². The van der Waals surface area contributed by atoms with E-state index in [1.165, 1.54) is 11.1 Å². The van der Waals surface area contributed by atoms with Crippen LogP contribution in [0.5, 0.6) is 5.75 Å². The van der Waals surface area contributed by atoms with E-state index in [0.29, 0.717) is 5.92 Å². The van der Waals surface area contributed by atoms with Gasteiger partial charge in [0.25, 0.3) is 0 Å². The van der Waals surface area contributed by atoms with Crippen LogP contribution >= 0.6 is 0 Å². The Labute approximate surface area is 98.3 Å². The van der Waals surface area contributed by atoms with Crippen LogP contribution in [-0.4, -0.2) is 18.8 Å². The van der Waals surface area contributed by atoms with Gasteiger partial charge in [-0.15, -0.1) is 0 Å². The standard InChI is InChI=1S/C14H22O2/c1-4-12-5-6-14(16-3)13(10-12)9-11(2)7-8-15/h5-6,10-11,15H,4,7-9H2,1-3H3. The molecule has 0 aliphatic carbocycles. The van der Waals surface area contributed by atoms with E-state index in [0.717, 1.165) is 25.0 Å². The second-order valence-electron chi connectivity index (χ2n) is 4.32. The molecule has 1 aromatic rings. The smallest absolute Gasteiger partial charge is 0.122 e. The summed E-state index contributed by atoms with van der Waals surface area (Å²) >= 11 is 0. The minimum absolute atomic E-state index is 0.261. The molecule has 1 unspecified atom stereocenters. The quantitative estimate of drug-likeness (QED) is 0.802. The summed E-state index contributed by atoms with van der Waals surface area (Å²) in [5.74, 6) is 1.45. The molecular weight excluding hydrogens is 200 g/mol. The van der Waals surface area contributed by atoms with Gasteiger partial charge in [-0.3, -0.25) is 0 Å². The SMILES string of the molecule is CCc1ccc(OC)c(CC(C)CCO)c1. The molecule has 1 rings (SSSR count). The molecule has 0 amide bonds. The van der Waals surface area contributed by atoms with Crippen LogP contribution in [0.15, 0.2) is 18.2 Å². The highest BCUT2D eigenvalue weighted by Gasteiger charge is 2.08. The third kappa shape index (κ3) is 3.53. The highest BCUT2D eigenvalue weighted by Crippen LogP contribution is 2.24. The molecule has 0 aromatic heterocycles. The molecule has 1 aromatic carbocycles. The van der Waals surface area contributed by atoms with E-state index in [-0.39, 0.29) is 6.61 Å². The lowest BCUT2D eigenvalue weighted by Crippen LogP contribution is -2.04. The van der Waals surface area contributed by atoms with Gasteiger partial charge in [-0.05, 0) is 42.4 Å². The zero-order valence-electron chi connectivity index (χ0n) is 10.5. The highest BCUT2D eigenvalue weighted by atomic mass is 16.5. The average molecular weight is 222 g/mol. The minimum Gasteiger partial charge on any atom is -0.496 e. The maximum Gasteiger partial charge on any atom is 0.122 e. The number of aliphatic hydroxyl groups is 1. The van der Waals surface area contributed by atoms with Crippen LogP contribution < -0.4 is 4.74 Å². The zero-order valence-corrected chi connectivity index (χ0v) is 10.5. The van der Waals surface area contributed by atoms with E-state index >= 15 is 0 Å². The van der Waals surface area contributed by atoms with Gasteiger partial charge in [-0.2, -0.15) is 0 Å². The van der Waals surface area contributed by atoms with E-state index in [2.05, 4.69) is 26.0 Å². The summed E-state index contributed by atoms with van der Waals surface area (Å²) in [5.41, 5.74) is 2.59. The Kier molecular flexibility index (Phi) is 5.33. The summed E-state index contributed by atoms with van der Waals surface area (Å²) < 4.78 is 5.36. The van der Waals surface area contributed by atoms with Crippen LogP contribution in [0.2, 0.25) is 0 Å². The number of rotatable bonds is 6. The lowest BCUT2D eigenvalue weighted by atomic mass is 9.96. The van der Waals surface area contributed by atoms with Gasteiger partial charge >= 0.3 is 0 Å². The summed E-state index contributed by atoms with van der Waals surface area (Å²) in [7, 11) is 1.71. The Hall–Kier alpha value is -1.02. The largest absolute Gasteiger partial charge is 0.496 e. The Morgan fingerprint density at radius 2 is 2.12 bits per heavy atom. The van der Waals surface area contributed by atoms with E-state index in [1.807, 2.05) is 6.07 Å². The van der Waals surface area contributed by atoms with Gasteiger partial charge < -0.3 is 9.84 Å². The predicted octanol–water partition coefficient (Wildman–Crippen LogP) is 2.82. The molecule has 16 heavy (non-hydrogen) atoms. The number of aliphatic hydroxyl groups excluding tert-OH is 1. The van der Waals surface area contributed by atoms with Crippen molar-refractivity contribution in [1.29, 1.82) is 0 Å². The molecule has 0 fully saturated rings. The molecule has 90 valence electrons. The van der Waals surface area contributed by atoms with Crippen molar-refractivity contribution in [3.8, 4) is 5.75 Å². The Morgan fingerprint density at radius 1 is 1.38 bits per heavy atom. The van der Waals surface area contributed by atoms with Crippen molar-refractivity contribution in [2.24, 2.45) is 5.92 Å². The second-order valence-corrected chi connectivity index (χ2v) is 4.32. The van der Waals surface area contributed by atoms with E-state index in [1.54, 1.807) is 7.11 Å². The highest BCUT2D eigenvalue weighted by molar-refractivity contribution is 5.37. The van der Waals surface area contributed by atoms with Crippen molar-refractivity contribution in [3.63, 3.8) is 0 Å². The van der Waals surface area contributed by atoms with E-state index in [4.69, 9.17) is 9.84 Å². The lowest BCUT2D eigenvalue weighted by Gasteiger charge is -2.14. The first-order valence-electron chi connectivity index (χ1n) is 5.97. The third-order valence-corrected chi connectivity index (χ3v) is 2.94. The summed E-state index contributed by atoms with van der Waals surface area (Å²) in [6, 6.07) is 6.37. The van der Waals surface area contributed by atoms with Crippen LogP contribution in [0.3, 0.4) is 0 Å². The molecule has 2 nitrogen and oxygen atoms in total. The van der Waals surface area contributed by atoms with E-state index in [9.17, 15) is 0 Å². The van der Waals surface area contributed by atoms with Gasteiger partial charge in [0.15, 0.2) is 0 Å². The summed E-state index contributed by atoms with van der Waals surface area (Å²) in [6.07, 6.45) is 2.86.